The molecule has 0 amide bonds. The Kier molecular flexibility index (Phi) is 4.02. The number of hydrogen-bond acceptors (Lipinski definition) is 2. The van der Waals surface area contributed by atoms with E-state index in [0.717, 1.165) is 22.6 Å². The van der Waals surface area contributed by atoms with E-state index in [-0.39, 0.29) is 0 Å². The van der Waals surface area contributed by atoms with Crippen molar-refractivity contribution in [2.75, 3.05) is 19.0 Å². The zero-order chi connectivity index (χ0) is 12.8. The lowest BCUT2D eigenvalue weighted by molar-refractivity contribution is 0.416. The van der Waals surface area contributed by atoms with Gasteiger partial charge in [-0.25, -0.2) is 0 Å². The van der Waals surface area contributed by atoms with Crippen molar-refractivity contribution in [1.82, 2.24) is 0 Å². The van der Waals surface area contributed by atoms with Crippen LogP contribution in [0.2, 0.25) is 0 Å². The molecule has 0 aromatic heterocycles. The molecular weight excluding hydrogens is 222 g/mol. The van der Waals surface area contributed by atoms with Crippen LogP contribution in [0.25, 0.3) is 5.57 Å². The summed E-state index contributed by atoms with van der Waals surface area (Å²) in [5.74, 6) is 0.846. The van der Waals surface area contributed by atoms with Gasteiger partial charge in [0, 0.05) is 6.54 Å². The normalized spacial score (nSPS) is 9.83. The molecular formula is C16H17NO. The highest BCUT2D eigenvalue weighted by Gasteiger charge is 2.02. The Labute approximate surface area is 108 Å². The Morgan fingerprint density at radius 1 is 1.06 bits per heavy atom. The van der Waals surface area contributed by atoms with Crippen molar-refractivity contribution in [2.24, 2.45) is 0 Å². The average Bonchev–Trinajstić information content (AvgIpc) is 2.46. The van der Waals surface area contributed by atoms with E-state index in [1.165, 1.54) is 0 Å². The fourth-order valence-corrected chi connectivity index (χ4v) is 1.77. The van der Waals surface area contributed by atoms with Gasteiger partial charge in [-0.05, 0) is 23.3 Å². The molecule has 0 spiro atoms. The molecule has 0 aliphatic rings. The molecule has 0 saturated carbocycles. The maximum atomic E-state index is 5.29. The Morgan fingerprint density at radius 2 is 1.72 bits per heavy atom. The molecule has 18 heavy (non-hydrogen) atoms. The highest BCUT2D eigenvalue weighted by atomic mass is 16.5. The van der Waals surface area contributed by atoms with Gasteiger partial charge in [0.05, 0.1) is 12.8 Å². The van der Waals surface area contributed by atoms with E-state index in [1.807, 2.05) is 42.5 Å². The summed E-state index contributed by atoms with van der Waals surface area (Å²) in [6, 6.07) is 18.0. The quantitative estimate of drug-likeness (QED) is 0.856. The SMILES string of the molecule is C=C(CNc1ccccc1OC)c1ccccc1. The van der Waals surface area contributed by atoms with Gasteiger partial charge in [0.1, 0.15) is 5.75 Å². The Balaban J connectivity index is 2.02. The van der Waals surface area contributed by atoms with E-state index in [4.69, 9.17) is 4.74 Å². The largest absolute Gasteiger partial charge is 0.495 e. The highest BCUT2D eigenvalue weighted by Crippen LogP contribution is 2.24. The molecule has 92 valence electrons. The lowest BCUT2D eigenvalue weighted by atomic mass is 10.1. The van der Waals surface area contributed by atoms with E-state index >= 15 is 0 Å². The van der Waals surface area contributed by atoms with Crippen LogP contribution in [-0.4, -0.2) is 13.7 Å². The fraction of sp³-hybridized carbons (Fsp3) is 0.125. The van der Waals surface area contributed by atoms with Gasteiger partial charge < -0.3 is 10.1 Å². The summed E-state index contributed by atoms with van der Waals surface area (Å²) in [6.45, 7) is 4.79. The van der Waals surface area contributed by atoms with Crippen LogP contribution < -0.4 is 10.1 Å². The minimum Gasteiger partial charge on any atom is -0.495 e. The van der Waals surface area contributed by atoms with E-state index in [0.29, 0.717) is 6.54 Å². The summed E-state index contributed by atoms with van der Waals surface area (Å²) in [5, 5.41) is 3.34. The van der Waals surface area contributed by atoms with Crippen molar-refractivity contribution < 1.29 is 4.74 Å². The third-order valence-corrected chi connectivity index (χ3v) is 2.78. The zero-order valence-corrected chi connectivity index (χ0v) is 10.5. The molecule has 1 N–H and O–H groups in total. The summed E-state index contributed by atoms with van der Waals surface area (Å²) in [5.41, 5.74) is 3.19. The van der Waals surface area contributed by atoms with Gasteiger partial charge >= 0.3 is 0 Å². The molecule has 0 aliphatic heterocycles. The Hall–Kier alpha value is -2.22. The average molecular weight is 239 g/mol. The lowest BCUT2D eigenvalue weighted by Crippen LogP contribution is -2.04. The van der Waals surface area contributed by atoms with Crippen LogP contribution in [0.5, 0.6) is 5.75 Å². The second-order valence-electron chi connectivity index (χ2n) is 4.02. The maximum absolute atomic E-state index is 5.29. The number of para-hydroxylation sites is 2. The predicted molar refractivity (Wildman–Crippen MR) is 77.0 cm³/mol. The van der Waals surface area contributed by atoms with Gasteiger partial charge in [-0.1, -0.05) is 49.0 Å². The fourth-order valence-electron chi connectivity index (χ4n) is 1.77. The van der Waals surface area contributed by atoms with Gasteiger partial charge in [-0.3, -0.25) is 0 Å². The van der Waals surface area contributed by atoms with E-state index < -0.39 is 0 Å². The number of benzene rings is 2. The predicted octanol–water partition coefficient (Wildman–Crippen LogP) is 3.82. The molecule has 0 heterocycles. The van der Waals surface area contributed by atoms with Crippen LogP contribution in [0.1, 0.15) is 5.56 Å². The van der Waals surface area contributed by atoms with Gasteiger partial charge in [0.25, 0.3) is 0 Å². The molecule has 0 aliphatic carbocycles. The van der Waals surface area contributed by atoms with Crippen LogP contribution in [0, 0.1) is 0 Å². The van der Waals surface area contributed by atoms with Crippen molar-refractivity contribution in [1.29, 1.82) is 0 Å². The standard InChI is InChI=1S/C16H17NO/c1-13(14-8-4-3-5-9-14)12-17-15-10-6-7-11-16(15)18-2/h3-11,17H,1,12H2,2H3. The van der Waals surface area contributed by atoms with Crippen molar-refractivity contribution in [3.8, 4) is 5.75 Å². The second kappa shape index (κ2) is 5.92. The number of rotatable bonds is 5. The number of anilines is 1. The Bertz CT molecular complexity index is 520. The van der Waals surface area contributed by atoms with Crippen molar-refractivity contribution in [3.63, 3.8) is 0 Å². The number of hydrogen-bond donors (Lipinski definition) is 1. The van der Waals surface area contributed by atoms with Crippen LogP contribution >= 0.6 is 0 Å². The highest BCUT2D eigenvalue weighted by molar-refractivity contribution is 5.68. The zero-order valence-electron chi connectivity index (χ0n) is 10.5. The first-order chi connectivity index (χ1) is 8.81. The minimum absolute atomic E-state index is 0.699. The van der Waals surface area contributed by atoms with Crippen molar-refractivity contribution in [2.45, 2.75) is 0 Å². The van der Waals surface area contributed by atoms with Gasteiger partial charge in [-0.15, -0.1) is 0 Å². The second-order valence-corrected chi connectivity index (χ2v) is 4.02. The molecule has 0 unspecified atom stereocenters. The summed E-state index contributed by atoms with van der Waals surface area (Å²) >= 11 is 0. The smallest absolute Gasteiger partial charge is 0.141 e. The molecule has 0 saturated heterocycles. The van der Waals surface area contributed by atoms with Gasteiger partial charge in [0.2, 0.25) is 0 Å². The van der Waals surface area contributed by atoms with E-state index in [1.54, 1.807) is 7.11 Å². The first-order valence-electron chi connectivity index (χ1n) is 5.91. The van der Waals surface area contributed by atoms with Crippen LogP contribution in [-0.2, 0) is 0 Å². The van der Waals surface area contributed by atoms with Crippen molar-refractivity contribution in [3.05, 3.63) is 66.7 Å². The number of nitrogens with one attached hydrogen (secondary N) is 1. The summed E-state index contributed by atoms with van der Waals surface area (Å²) in [4.78, 5) is 0. The minimum atomic E-state index is 0.699. The molecule has 2 rings (SSSR count). The topological polar surface area (TPSA) is 21.3 Å². The van der Waals surface area contributed by atoms with E-state index in [2.05, 4.69) is 24.0 Å². The third kappa shape index (κ3) is 2.92. The monoisotopic (exact) mass is 239 g/mol. The molecule has 2 heteroatoms. The molecule has 2 aromatic rings. The summed E-state index contributed by atoms with van der Waals surface area (Å²) < 4.78 is 5.29. The summed E-state index contributed by atoms with van der Waals surface area (Å²) in [7, 11) is 1.67. The molecule has 0 radical (unpaired) electrons. The number of methoxy groups -OCH3 is 1. The van der Waals surface area contributed by atoms with E-state index in [9.17, 15) is 0 Å². The first-order valence-corrected chi connectivity index (χ1v) is 5.91. The van der Waals surface area contributed by atoms with Crippen molar-refractivity contribution >= 4 is 11.3 Å². The first kappa shape index (κ1) is 12.2. The Morgan fingerprint density at radius 3 is 2.44 bits per heavy atom. The van der Waals surface area contributed by atoms with Crippen LogP contribution in [0.15, 0.2) is 61.2 Å². The summed E-state index contributed by atoms with van der Waals surface area (Å²) in [6.07, 6.45) is 0. The molecule has 2 aromatic carbocycles. The molecule has 2 nitrogen and oxygen atoms in total. The number of ether oxygens (including phenoxy) is 1. The third-order valence-electron chi connectivity index (χ3n) is 2.78. The molecule has 0 atom stereocenters. The van der Waals surface area contributed by atoms with Gasteiger partial charge in [-0.2, -0.15) is 0 Å². The molecule has 0 fully saturated rings. The van der Waals surface area contributed by atoms with Crippen LogP contribution in [0.3, 0.4) is 0 Å². The maximum Gasteiger partial charge on any atom is 0.141 e. The van der Waals surface area contributed by atoms with Crippen LogP contribution in [0.4, 0.5) is 5.69 Å². The van der Waals surface area contributed by atoms with Gasteiger partial charge in [0.15, 0.2) is 0 Å². The molecule has 0 bridgehead atoms. The lowest BCUT2D eigenvalue weighted by Gasteiger charge is -2.12.